The maximum absolute atomic E-state index is 12.0. The smallest absolute Gasteiger partial charge is 0.273 e. The second-order valence-electron chi connectivity index (χ2n) is 3.49. The number of nitrogen functional groups attached to an aromatic ring is 1. The lowest BCUT2D eigenvalue weighted by Gasteiger charge is -2.06. The van der Waals surface area contributed by atoms with Crippen molar-refractivity contribution in [2.75, 3.05) is 11.1 Å². The fourth-order valence-electron chi connectivity index (χ4n) is 1.53. The van der Waals surface area contributed by atoms with Crippen molar-refractivity contribution >= 4 is 17.4 Å². The fourth-order valence-corrected chi connectivity index (χ4v) is 1.53. The summed E-state index contributed by atoms with van der Waals surface area (Å²) in [6, 6.07) is 1.63. The quantitative estimate of drug-likeness (QED) is 0.829. The summed E-state index contributed by atoms with van der Waals surface area (Å²) >= 11 is 0. The van der Waals surface area contributed by atoms with Crippen LogP contribution in [0, 0.1) is 0 Å². The summed E-state index contributed by atoms with van der Waals surface area (Å²) in [6.45, 7) is 2.62. The Bertz CT molecular complexity index is 520. The van der Waals surface area contributed by atoms with Gasteiger partial charge in [0.05, 0.1) is 11.9 Å². The molecule has 0 unspecified atom stereocenters. The lowest BCUT2D eigenvalue weighted by molar-refractivity contribution is 0.101. The molecule has 0 bridgehead atoms. The summed E-state index contributed by atoms with van der Waals surface area (Å²) in [7, 11) is 0. The zero-order valence-corrected chi connectivity index (χ0v) is 9.42. The molecule has 6 heteroatoms. The molecule has 2 aromatic heterocycles. The minimum absolute atomic E-state index is 0.246. The highest BCUT2D eigenvalue weighted by atomic mass is 16.2. The number of nitrogens with two attached hydrogens (primary N) is 1. The van der Waals surface area contributed by atoms with Crippen molar-refractivity contribution in [3.05, 3.63) is 36.5 Å². The standard InChI is InChI=1S/C11H13N5O/c1-2-16-7-8(12)5-9(16)11(17)15-10-6-13-3-4-14-10/h3-7H,2,12H2,1H3,(H,14,15,17). The largest absolute Gasteiger partial charge is 0.397 e. The van der Waals surface area contributed by atoms with Gasteiger partial charge in [0, 0.05) is 25.1 Å². The van der Waals surface area contributed by atoms with Crippen LogP contribution >= 0.6 is 0 Å². The van der Waals surface area contributed by atoms with Crippen LogP contribution in [0.5, 0.6) is 0 Å². The third-order valence-electron chi connectivity index (χ3n) is 2.30. The number of rotatable bonds is 3. The maximum Gasteiger partial charge on any atom is 0.273 e. The number of nitrogens with zero attached hydrogens (tertiary/aromatic N) is 3. The molecule has 2 heterocycles. The van der Waals surface area contributed by atoms with Gasteiger partial charge in [-0.05, 0) is 13.0 Å². The third-order valence-corrected chi connectivity index (χ3v) is 2.30. The van der Waals surface area contributed by atoms with E-state index in [-0.39, 0.29) is 5.91 Å². The molecule has 17 heavy (non-hydrogen) atoms. The highest BCUT2D eigenvalue weighted by molar-refractivity contribution is 6.03. The van der Waals surface area contributed by atoms with E-state index < -0.39 is 0 Å². The van der Waals surface area contributed by atoms with Crippen LogP contribution in [-0.4, -0.2) is 20.4 Å². The highest BCUT2D eigenvalue weighted by Gasteiger charge is 2.12. The summed E-state index contributed by atoms with van der Waals surface area (Å²) in [5, 5.41) is 2.66. The van der Waals surface area contributed by atoms with Crippen LogP contribution in [0.1, 0.15) is 17.4 Å². The topological polar surface area (TPSA) is 85.8 Å². The fraction of sp³-hybridized carbons (Fsp3) is 0.182. The molecule has 6 nitrogen and oxygen atoms in total. The number of anilines is 2. The van der Waals surface area contributed by atoms with E-state index in [0.717, 1.165) is 0 Å². The average Bonchev–Trinajstić information content (AvgIpc) is 2.72. The van der Waals surface area contributed by atoms with E-state index in [4.69, 9.17) is 5.73 Å². The van der Waals surface area contributed by atoms with Crippen LogP contribution in [0.25, 0.3) is 0 Å². The van der Waals surface area contributed by atoms with Gasteiger partial charge in [-0.25, -0.2) is 4.98 Å². The molecule has 0 spiro atoms. The van der Waals surface area contributed by atoms with Gasteiger partial charge in [0.2, 0.25) is 0 Å². The molecule has 0 aliphatic rings. The summed E-state index contributed by atoms with van der Waals surface area (Å²) in [4.78, 5) is 19.8. The van der Waals surface area contributed by atoms with Crippen LogP contribution in [-0.2, 0) is 6.54 Å². The first-order valence-electron chi connectivity index (χ1n) is 5.23. The van der Waals surface area contributed by atoms with Crippen molar-refractivity contribution in [2.24, 2.45) is 0 Å². The van der Waals surface area contributed by atoms with E-state index in [1.807, 2.05) is 6.92 Å². The lowest BCUT2D eigenvalue weighted by atomic mass is 10.4. The Hall–Kier alpha value is -2.37. The summed E-state index contributed by atoms with van der Waals surface area (Å²) in [5.41, 5.74) is 6.73. The van der Waals surface area contributed by atoms with Gasteiger partial charge in [-0.3, -0.25) is 9.78 Å². The van der Waals surface area contributed by atoms with Crippen LogP contribution in [0.4, 0.5) is 11.5 Å². The zero-order valence-electron chi connectivity index (χ0n) is 9.42. The van der Waals surface area contributed by atoms with Crippen molar-refractivity contribution in [3.8, 4) is 0 Å². The first-order chi connectivity index (χ1) is 8.20. The summed E-state index contributed by atoms with van der Waals surface area (Å²) < 4.78 is 1.78. The van der Waals surface area contributed by atoms with Gasteiger partial charge in [0.1, 0.15) is 5.69 Å². The molecule has 88 valence electrons. The van der Waals surface area contributed by atoms with E-state index in [2.05, 4.69) is 15.3 Å². The van der Waals surface area contributed by atoms with Gasteiger partial charge in [-0.2, -0.15) is 0 Å². The van der Waals surface area contributed by atoms with Crippen molar-refractivity contribution in [3.63, 3.8) is 0 Å². The van der Waals surface area contributed by atoms with Gasteiger partial charge in [0.15, 0.2) is 5.82 Å². The Morgan fingerprint density at radius 2 is 2.35 bits per heavy atom. The number of hydrogen-bond acceptors (Lipinski definition) is 4. The second kappa shape index (κ2) is 4.65. The Balaban J connectivity index is 2.20. The van der Waals surface area contributed by atoms with Crippen molar-refractivity contribution < 1.29 is 4.79 Å². The van der Waals surface area contributed by atoms with Gasteiger partial charge in [0.25, 0.3) is 5.91 Å². The minimum Gasteiger partial charge on any atom is -0.397 e. The monoisotopic (exact) mass is 231 g/mol. The van der Waals surface area contributed by atoms with Crippen molar-refractivity contribution in [1.82, 2.24) is 14.5 Å². The summed E-state index contributed by atoms with van der Waals surface area (Å²) in [5.74, 6) is 0.170. The van der Waals surface area contributed by atoms with Gasteiger partial charge >= 0.3 is 0 Å². The molecule has 0 aliphatic heterocycles. The highest BCUT2D eigenvalue weighted by Crippen LogP contribution is 2.12. The first kappa shape index (κ1) is 11.1. The molecule has 0 saturated heterocycles. The van der Waals surface area contributed by atoms with Crippen molar-refractivity contribution in [1.29, 1.82) is 0 Å². The number of aromatic nitrogens is 3. The van der Waals surface area contributed by atoms with Crippen LogP contribution in [0.15, 0.2) is 30.9 Å². The molecule has 0 aliphatic carbocycles. The zero-order chi connectivity index (χ0) is 12.3. The van der Waals surface area contributed by atoms with Gasteiger partial charge < -0.3 is 15.6 Å². The molecule has 1 amide bonds. The van der Waals surface area contributed by atoms with E-state index >= 15 is 0 Å². The first-order valence-corrected chi connectivity index (χ1v) is 5.23. The van der Waals surface area contributed by atoms with Crippen molar-refractivity contribution in [2.45, 2.75) is 13.5 Å². The summed E-state index contributed by atoms with van der Waals surface area (Å²) in [6.07, 6.45) is 6.28. The number of aryl methyl sites for hydroxylation is 1. The van der Waals surface area contributed by atoms with Gasteiger partial charge in [-0.15, -0.1) is 0 Å². The Morgan fingerprint density at radius 1 is 1.53 bits per heavy atom. The molecule has 0 atom stereocenters. The minimum atomic E-state index is -0.246. The van der Waals surface area contributed by atoms with Crippen LogP contribution < -0.4 is 11.1 Å². The van der Waals surface area contributed by atoms with E-state index in [1.165, 1.54) is 12.4 Å². The molecule has 0 radical (unpaired) electrons. The molecule has 2 aromatic rings. The molecule has 2 rings (SSSR count). The predicted octanol–water partition coefficient (Wildman–Crippen LogP) is 1.13. The molecule has 3 N–H and O–H groups in total. The third kappa shape index (κ3) is 2.41. The Labute approximate surface area is 98.5 Å². The lowest BCUT2D eigenvalue weighted by Crippen LogP contribution is -2.17. The molecule has 0 aromatic carbocycles. The van der Waals surface area contributed by atoms with Crippen LogP contribution in [0.2, 0.25) is 0 Å². The Morgan fingerprint density at radius 3 is 3.00 bits per heavy atom. The number of carbonyl (C=O) groups excluding carboxylic acids is 1. The molecule has 0 saturated carbocycles. The van der Waals surface area contributed by atoms with E-state index in [9.17, 15) is 4.79 Å². The normalized spacial score (nSPS) is 10.2. The molecular weight excluding hydrogens is 218 g/mol. The molecule has 0 fully saturated rings. The van der Waals surface area contributed by atoms with Gasteiger partial charge in [-0.1, -0.05) is 0 Å². The number of hydrogen-bond donors (Lipinski definition) is 2. The van der Waals surface area contributed by atoms with E-state index in [1.54, 1.807) is 23.0 Å². The average molecular weight is 231 g/mol. The SMILES string of the molecule is CCn1cc(N)cc1C(=O)Nc1cnccn1. The predicted molar refractivity (Wildman–Crippen MR) is 64.5 cm³/mol. The van der Waals surface area contributed by atoms with E-state index in [0.29, 0.717) is 23.7 Å². The number of nitrogens with one attached hydrogen (secondary N) is 1. The van der Waals surface area contributed by atoms with Crippen LogP contribution in [0.3, 0.4) is 0 Å². The second-order valence-corrected chi connectivity index (χ2v) is 3.49. The molecular formula is C11H13N5O. The number of carbonyl (C=O) groups is 1. The maximum atomic E-state index is 12.0. The Kier molecular flexibility index (Phi) is 3.04. The number of amides is 1.